The monoisotopic (exact) mass is 357 g/mol. The van der Waals surface area contributed by atoms with E-state index in [9.17, 15) is 9.90 Å². The highest BCUT2D eigenvalue weighted by atomic mass is 16.5. The number of rotatable bonds is 6. The zero-order chi connectivity index (χ0) is 18.7. The van der Waals surface area contributed by atoms with E-state index in [0.717, 1.165) is 5.56 Å². The first-order valence-electron chi connectivity index (χ1n) is 8.46. The number of nitrogens with zero attached hydrogens (tertiary/aromatic N) is 2. The van der Waals surface area contributed by atoms with E-state index >= 15 is 0 Å². The molecule has 1 atom stereocenters. The fraction of sp³-hybridized carbons (Fsp3) is 0.333. The first kappa shape index (κ1) is 18.0. The van der Waals surface area contributed by atoms with Gasteiger partial charge in [0.05, 0.1) is 11.8 Å². The molecule has 3 rings (SSSR count). The van der Waals surface area contributed by atoms with Gasteiger partial charge >= 0.3 is 0 Å². The van der Waals surface area contributed by atoms with E-state index in [1.807, 2.05) is 30.3 Å². The molecule has 138 valence electrons. The van der Waals surface area contributed by atoms with Gasteiger partial charge in [0.25, 0.3) is 5.91 Å². The molecule has 6 N–H and O–H groups in total. The topological polar surface area (TPSA) is 131 Å². The average molecular weight is 357 g/mol. The quantitative estimate of drug-likeness (QED) is 0.447. The minimum absolute atomic E-state index is 0.0107. The molecule has 0 saturated heterocycles. The molecular formula is C18H23N5O3. The molecule has 2 aromatic rings. The number of hydrogen-bond donors (Lipinski definition) is 4. The minimum Gasteiger partial charge on any atom is -0.403 e. The van der Waals surface area contributed by atoms with Crippen molar-refractivity contribution in [3.63, 3.8) is 0 Å². The lowest BCUT2D eigenvalue weighted by atomic mass is 9.85. The van der Waals surface area contributed by atoms with Crippen LogP contribution in [0.5, 0.6) is 0 Å². The third-order valence-corrected chi connectivity index (χ3v) is 4.54. The normalized spacial score (nSPS) is 21.0. The predicted octanol–water partition coefficient (Wildman–Crippen LogP) is 0.959. The summed E-state index contributed by atoms with van der Waals surface area (Å²) in [4.78, 5) is 12.3. The van der Waals surface area contributed by atoms with Crippen molar-refractivity contribution in [3.8, 4) is 11.3 Å². The van der Waals surface area contributed by atoms with E-state index in [1.165, 1.54) is 11.2 Å². The standard InChI is InChI=1S/C18H23N5O3/c1-11(24)16(10-19)23(20)14-7-13(8-14)21-18(25)15-9-17(26-22-15)12-5-3-2-4-6-12/h2-6,9-11,13-14,24H,7-8,19-20H2,1H3,(H,21,25)/b16-10-/t11-,13?,14?/m0/s1. The van der Waals surface area contributed by atoms with Crippen molar-refractivity contribution in [3.05, 3.63) is 54.0 Å². The molecular weight excluding hydrogens is 334 g/mol. The van der Waals surface area contributed by atoms with E-state index < -0.39 is 6.10 Å². The number of carbonyl (C=O) groups is 1. The van der Waals surface area contributed by atoms with Gasteiger partial charge in [0, 0.05) is 29.9 Å². The Bertz CT molecular complexity index is 781. The Labute approximate surface area is 151 Å². The van der Waals surface area contributed by atoms with Gasteiger partial charge < -0.3 is 25.7 Å². The molecule has 0 aliphatic heterocycles. The average Bonchev–Trinajstić information content (AvgIpc) is 3.08. The van der Waals surface area contributed by atoms with Crippen molar-refractivity contribution in [1.82, 2.24) is 15.5 Å². The Hall–Kier alpha value is -2.84. The first-order valence-corrected chi connectivity index (χ1v) is 8.46. The Balaban J connectivity index is 1.54. The van der Waals surface area contributed by atoms with Crippen LogP contribution in [-0.4, -0.2) is 39.4 Å². The zero-order valence-electron chi connectivity index (χ0n) is 14.5. The van der Waals surface area contributed by atoms with Gasteiger partial charge in [-0.25, -0.2) is 5.84 Å². The number of benzene rings is 1. The van der Waals surface area contributed by atoms with Crippen molar-refractivity contribution in [2.45, 2.75) is 38.0 Å². The SMILES string of the molecule is C[C@H](O)/C(=C/N)N(N)C1CC(NC(=O)c2cc(-c3ccccc3)on2)C1. The molecule has 1 fully saturated rings. The number of aromatic nitrogens is 1. The number of aliphatic hydroxyl groups excluding tert-OH is 1. The van der Waals surface area contributed by atoms with Crippen LogP contribution in [0, 0.1) is 0 Å². The zero-order valence-corrected chi connectivity index (χ0v) is 14.5. The maximum Gasteiger partial charge on any atom is 0.273 e. The summed E-state index contributed by atoms with van der Waals surface area (Å²) in [6.45, 7) is 1.60. The van der Waals surface area contributed by atoms with Crippen LogP contribution in [0.15, 0.2) is 52.8 Å². The third-order valence-electron chi connectivity index (χ3n) is 4.54. The van der Waals surface area contributed by atoms with Crippen LogP contribution in [-0.2, 0) is 0 Å². The smallest absolute Gasteiger partial charge is 0.273 e. The van der Waals surface area contributed by atoms with Gasteiger partial charge in [0.15, 0.2) is 11.5 Å². The van der Waals surface area contributed by atoms with E-state index in [0.29, 0.717) is 24.3 Å². The lowest BCUT2D eigenvalue weighted by Gasteiger charge is -2.43. The summed E-state index contributed by atoms with van der Waals surface area (Å²) in [6.07, 6.45) is 1.88. The lowest BCUT2D eigenvalue weighted by Crippen LogP contribution is -2.56. The second-order valence-electron chi connectivity index (χ2n) is 6.41. The van der Waals surface area contributed by atoms with Gasteiger partial charge in [0.1, 0.15) is 0 Å². The number of aliphatic hydroxyl groups is 1. The van der Waals surface area contributed by atoms with E-state index in [-0.39, 0.29) is 23.7 Å². The van der Waals surface area contributed by atoms with Crippen LogP contribution in [0.4, 0.5) is 0 Å². The van der Waals surface area contributed by atoms with Crippen molar-refractivity contribution < 1.29 is 14.4 Å². The number of carbonyl (C=O) groups excluding carboxylic acids is 1. The van der Waals surface area contributed by atoms with E-state index in [4.69, 9.17) is 16.1 Å². The summed E-state index contributed by atoms with van der Waals surface area (Å²) in [5, 5.41) is 17.9. The second kappa shape index (κ2) is 7.59. The van der Waals surface area contributed by atoms with E-state index in [2.05, 4.69) is 10.5 Å². The summed E-state index contributed by atoms with van der Waals surface area (Å²) >= 11 is 0. The van der Waals surface area contributed by atoms with Gasteiger partial charge in [0.2, 0.25) is 0 Å². The molecule has 8 heteroatoms. The summed E-state index contributed by atoms with van der Waals surface area (Å²) < 4.78 is 5.25. The molecule has 1 saturated carbocycles. The first-order chi connectivity index (χ1) is 12.5. The Kier molecular flexibility index (Phi) is 5.24. The van der Waals surface area contributed by atoms with Crippen molar-refractivity contribution >= 4 is 5.91 Å². The Morgan fingerprint density at radius 2 is 2.12 bits per heavy atom. The van der Waals surface area contributed by atoms with Crippen LogP contribution in [0.3, 0.4) is 0 Å². The van der Waals surface area contributed by atoms with Gasteiger partial charge in [-0.1, -0.05) is 35.5 Å². The van der Waals surface area contributed by atoms with Crippen LogP contribution in [0.2, 0.25) is 0 Å². The number of nitrogens with one attached hydrogen (secondary N) is 1. The molecule has 1 aromatic heterocycles. The molecule has 1 aromatic carbocycles. The highest BCUT2D eigenvalue weighted by Gasteiger charge is 2.35. The minimum atomic E-state index is -0.745. The van der Waals surface area contributed by atoms with Crippen molar-refractivity contribution in [2.75, 3.05) is 0 Å². The third kappa shape index (κ3) is 3.71. The molecule has 1 aliphatic carbocycles. The lowest BCUT2D eigenvalue weighted by molar-refractivity contribution is 0.0746. The number of amides is 1. The van der Waals surface area contributed by atoms with E-state index in [1.54, 1.807) is 13.0 Å². The largest absolute Gasteiger partial charge is 0.403 e. The summed E-state index contributed by atoms with van der Waals surface area (Å²) in [6, 6.07) is 11.1. The van der Waals surface area contributed by atoms with Gasteiger partial charge in [-0.15, -0.1) is 0 Å². The molecule has 1 aliphatic rings. The van der Waals surface area contributed by atoms with Crippen molar-refractivity contribution in [2.24, 2.45) is 11.6 Å². The molecule has 0 bridgehead atoms. The van der Waals surface area contributed by atoms with Gasteiger partial charge in [-0.05, 0) is 19.8 Å². The number of hydrogen-bond acceptors (Lipinski definition) is 7. The summed E-state index contributed by atoms with van der Waals surface area (Å²) in [5.41, 5.74) is 7.06. The van der Waals surface area contributed by atoms with Crippen molar-refractivity contribution in [1.29, 1.82) is 0 Å². The van der Waals surface area contributed by atoms with Crippen LogP contribution in [0.25, 0.3) is 11.3 Å². The maximum absolute atomic E-state index is 12.3. The van der Waals surface area contributed by atoms with Gasteiger partial charge in [-0.3, -0.25) is 4.79 Å². The summed E-state index contributed by atoms with van der Waals surface area (Å²) in [5.74, 6) is 6.25. The van der Waals surface area contributed by atoms with Gasteiger partial charge in [-0.2, -0.15) is 0 Å². The highest BCUT2D eigenvalue weighted by Crippen LogP contribution is 2.27. The van der Waals surface area contributed by atoms with Crippen LogP contribution < -0.4 is 16.9 Å². The second-order valence-corrected chi connectivity index (χ2v) is 6.41. The highest BCUT2D eigenvalue weighted by molar-refractivity contribution is 5.93. The van der Waals surface area contributed by atoms with Crippen LogP contribution >= 0.6 is 0 Å². The molecule has 1 heterocycles. The fourth-order valence-corrected chi connectivity index (χ4v) is 2.96. The molecule has 1 amide bonds. The molecule has 0 unspecified atom stereocenters. The Morgan fingerprint density at radius 1 is 1.42 bits per heavy atom. The Morgan fingerprint density at radius 3 is 2.73 bits per heavy atom. The maximum atomic E-state index is 12.3. The number of nitrogens with two attached hydrogens (primary N) is 2. The predicted molar refractivity (Wildman–Crippen MR) is 96.2 cm³/mol. The summed E-state index contributed by atoms with van der Waals surface area (Å²) in [7, 11) is 0. The fourth-order valence-electron chi connectivity index (χ4n) is 2.96. The molecule has 0 spiro atoms. The molecule has 8 nitrogen and oxygen atoms in total. The number of hydrazine groups is 1. The molecule has 26 heavy (non-hydrogen) atoms. The molecule has 0 radical (unpaired) electrons. The van der Waals surface area contributed by atoms with Crippen LogP contribution in [0.1, 0.15) is 30.3 Å².